The van der Waals surface area contributed by atoms with Crippen molar-refractivity contribution >= 4 is 5.57 Å². The molecule has 0 saturated heterocycles. The summed E-state index contributed by atoms with van der Waals surface area (Å²) in [5, 5.41) is 9.41. The van der Waals surface area contributed by atoms with Crippen molar-refractivity contribution in [1.29, 1.82) is 0 Å². The summed E-state index contributed by atoms with van der Waals surface area (Å²) in [4.78, 5) is 0. The Morgan fingerprint density at radius 1 is 1.38 bits per heavy atom. The van der Waals surface area contributed by atoms with Gasteiger partial charge in [0.15, 0.2) is 0 Å². The van der Waals surface area contributed by atoms with Gasteiger partial charge < -0.3 is 5.11 Å². The second-order valence-corrected chi connectivity index (χ2v) is 2.69. The molecule has 0 aromatic heterocycles. The van der Waals surface area contributed by atoms with Crippen LogP contribution in [0.25, 0.3) is 5.57 Å². The number of aliphatic hydroxyl groups excluding tert-OH is 1. The Morgan fingerprint density at radius 3 is 2.46 bits per heavy atom. The fourth-order valence-electron chi connectivity index (χ4n) is 1.23. The highest BCUT2D eigenvalue weighted by Gasteiger charge is 2.03. The van der Waals surface area contributed by atoms with Crippen molar-refractivity contribution in [3.63, 3.8) is 0 Å². The number of hydrogen-bond donors (Lipinski definition) is 3. The van der Waals surface area contributed by atoms with Crippen molar-refractivity contribution < 1.29 is 5.11 Å². The Bertz CT molecular complexity index is 293. The molecule has 1 aromatic rings. The lowest BCUT2D eigenvalue weighted by Crippen LogP contribution is -2.22. The van der Waals surface area contributed by atoms with Gasteiger partial charge in [-0.15, -0.1) is 0 Å². The molecule has 0 heterocycles. The molecule has 0 aliphatic heterocycles. The molecule has 13 heavy (non-hydrogen) atoms. The van der Waals surface area contributed by atoms with E-state index in [1.54, 1.807) is 0 Å². The maximum atomic E-state index is 9.41. The molecule has 0 aliphatic rings. The minimum absolute atomic E-state index is 0.0358. The third kappa shape index (κ3) is 2.23. The lowest BCUT2D eigenvalue weighted by molar-refractivity contribution is 0.368. The average Bonchev–Trinajstić information content (AvgIpc) is 2.20. The number of rotatable bonds is 3. The maximum absolute atomic E-state index is 9.41. The monoisotopic (exact) mass is 178 g/mol. The molecule has 0 aliphatic carbocycles. The highest BCUT2D eigenvalue weighted by Crippen LogP contribution is 2.18. The summed E-state index contributed by atoms with van der Waals surface area (Å²) in [6.45, 7) is 1.97. The summed E-state index contributed by atoms with van der Waals surface area (Å²) in [6, 6.07) is 9.66. The molecule has 4 N–H and O–H groups in total. The van der Waals surface area contributed by atoms with Gasteiger partial charge in [-0.2, -0.15) is 0 Å². The highest BCUT2D eigenvalue weighted by molar-refractivity contribution is 5.66. The van der Waals surface area contributed by atoms with E-state index in [0.717, 1.165) is 17.6 Å². The van der Waals surface area contributed by atoms with E-state index in [4.69, 9.17) is 5.84 Å². The average molecular weight is 178 g/mol. The van der Waals surface area contributed by atoms with E-state index >= 15 is 0 Å². The van der Waals surface area contributed by atoms with E-state index in [9.17, 15) is 5.11 Å². The lowest BCUT2D eigenvalue weighted by Gasteiger charge is -2.07. The number of hydrazine groups is 1. The zero-order chi connectivity index (χ0) is 9.68. The Kier molecular flexibility index (Phi) is 3.34. The minimum atomic E-state index is 0.0358. The van der Waals surface area contributed by atoms with Crippen LogP contribution in [0, 0.1) is 0 Å². The van der Waals surface area contributed by atoms with Crippen molar-refractivity contribution in [1.82, 2.24) is 5.43 Å². The lowest BCUT2D eigenvalue weighted by atomic mass is 10.0. The third-order valence-electron chi connectivity index (χ3n) is 1.90. The summed E-state index contributed by atoms with van der Waals surface area (Å²) in [7, 11) is 0. The number of nitrogens with one attached hydrogen (secondary N) is 1. The van der Waals surface area contributed by atoms with Crippen molar-refractivity contribution in [2.24, 2.45) is 5.84 Å². The SMILES string of the molecule is CCC(=C(O)NN)c1ccccc1. The molecule has 0 atom stereocenters. The molecular formula is C10H14N2O. The van der Waals surface area contributed by atoms with Crippen LogP contribution in [0.3, 0.4) is 0 Å². The van der Waals surface area contributed by atoms with Crippen molar-refractivity contribution in [3.8, 4) is 0 Å². The predicted molar refractivity (Wildman–Crippen MR) is 53.6 cm³/mol. The molecule has 0 saturated carbocycles. The molecule has 70 valence electrons. The summed E-state index contributed by atoms with van der Waals surface area (Å²) < 4.78 is 0. The molecule has 0 fully saturated rings. The number of hydrogen-bond acceptors (Lipinski definition) is 3. The van der Waals surface area contributed by atoms with Crippen LogP contribution in [-0.2, 0) is 0 Å². The van der Waals surface area contributed by atoms with Gasteiger partial charge in [0.1, 0.15) is 0 Å². The van der Waals surface area contributed by atoms with Crippen LogP contribution in [-0.4, -0.2) is 5.11 Å². The molecule has 0 radical (unpaired) electrons. The summed E-state index contributed by atoms with van der Waals surface area (Å²) in [6.07, 6.45) is 0.736. The van der Waals surface area contributed by atoms with E-state index < -0.39 is 0 Å². The maximum Gasteiger partial charge on any atom is 0.202 e. The summed E-state index contributed by atoms with van der Waals surface area (Å²) >= 11 is 0. The number of allylic oxidation sites excluding steroid dienone is 1. The molecule has 1 aromatic carbocycles. The smallest absolute Gasteiger partial charge is 0.202 e. The molecular weight excluding hydrogens is 164 g/mol. The van der Waals surface area contributed by atoms with Crippen LogP contribution in [0.2, 0.25) is 0 Å². The van der Waals surface area contributed by atoms with Crippen LogP contribution >= 0.6 is 0 Å². The zero-order valence-corrected chi connectivity index (χ0v) is 7.62. The Labute approximate surface area is 77.9 Å². The Balaban J connectivity index is 3.05. The largest absolute Gasteiger partial charge is 0.494 e. The standard InChI is InChI=1S/C10H14N2O/c1-2-9(10(13)12-11)8-6-4-3-5-7-8/h3-7,12-13H,2,11H2,1H3. The third-order valence-corrected chi connectivity index (χ3v) is 1.90. The van der Waals surface area contributed by atoms with Crippen LogP contribution in [0.15, 0.2) is 36.2 Å². The van der Waals surface area contributed by atoms with Gasteiger partial charge in [-0.25, -0.2) is 5.84 Å². The molecule has 1 rings (SSSR count). The normalized spacial score (nSPS) is 12.2. The van der Waals surface area contributed by atoms with Crippen molar-refractivity contribution in [2.45, 2.75) is 13.3 Å². The summed E-state index contributed by atoms with van der Waals surface area (Å²) in [5.74, 6) is 5.16. The molecule has 3 nitrogen and oxygen atoms in total. The molecule has 0 spiro atoms. The van der Waals surface area contributed by atoms with Gasteiger partial charge in [0.05, 0.1) is 0 Å². The first kappa shape index (κ1) is 9.61. The molecule has 3 heteroatoms. The predicted octanol–water partition coefficient (Wildman–Crippen LogP) is 1.79. The topological polar surface area (TPSA) is 58.3 Å². The van der Waals surface area contributed by atoms with Gasteiger partial charge in [-0.1, -0.05) is 37.3 Å². The second-order valence-electron chi connectivity index (χ2n) is 2.69. The molecule has 0 unspecified atom stereocenters. The second kappa shape index (κ2) is 4.52. The van der Waals surface area contributed by atoms with Gasteiger partial charge in [-0.05, 0) is 12.0 Å². The van der Waals surface area contributed by atoms with Gasteiger partial charge in [0.2, 0.25) is 5.88 Å². The van der Waals surface area contributed by atoms with Gasteiger partial charge in [-0.3, -0.25) is 5.43 Å². The summed E-state index contributed by atoms with van der Waals surface area (Å²) in [5.41, 5.74) is 4.06. The van der Waals surface area contributed by atoms with Crippen LogP contribution in [0.4, 0.5) is 0 Å². The first-order valence-electron chi connectivity index (χ1n) is 4.23. The first-order valence-corrected chi connectivity index (χ1v) is 4.23. The quantitative estimate of drug-likeness (QED) is 0.375. The molecule has 0 amide bonds. The van der Waals surface area contributed by atoms with E-state index in [0.29, 0.717) is 0 Å². The fourth-order valence-corrected chi connectivity index (χ4v) is 1.23. The zero-order valence-electron chi connectivity index (χ0n) is 7.62. The Hall–Kier alpha value is -1.48. The van der Waals surface area contributed by atoms with E-state index in [2.05, 4.69) is 5.43 Å². The number of aliphatic hydroxyl groups is 1. The number of benzene rings is 1. The van der Waals surface area contributed by atoms with Gasteiger partial charge in [0.25, 0.3) is 0 Å². The Morgan fingerprint density at radius 2 is 2.00 bits per heavy atom. The van der Waals surface area contributed by atoms with E-state index in [-0.39, 0.29) is 5.88 Å². The van der Waals surface area contributed by atoms with Crippen molar-refractivity contribution in [3.05, 3.63) is 41.8 Å². The highest BCUT2D eigenvalue weighted by atomic mass is 16.3. The first-order chi connectivity index (χ1) is 6.29. The minimum Gasteiger partial charge on any atom is -0.494 e. The molecule has 0 bridgehead atoms. The van der Waals surface area contributed by atoms with Crippen LogP contribution in [0.1, 0.15) is 18.9 Å². The van der Waals surface area contributed by atoms with Crippen LogP contribution < -0.4 is 11.3 Å². The fraction of sp³-hybridized carbons (Fsp3) is 0.200. The van der Waals surface area contributed by atoms with E-state index in [1.807, 2.05) is 37.3 Å². The van der Waals surface area contributed by atoms with Crippen molar-refractivity contribution in [2.75, 3.05) is 0 Å². The van der Waals surface area contributed by atoms with E-state index in [1.165, 1.54) is 0 Å². The van der Waals surface area contributed by atoms with Crippen LogP contribution in [0.5, 0.6) is 0 Å². The van der Waals surface area contributed by atoms with Gasteiger partial charge in [0, 0.05) is 5.57 Å². The number of nitrogens with two attached hydrogens (primary N) is 1. The van der Waals surface area contributed by atoms with Gasteiger partial charge >= 0.3 is 0 Å².